The Morgan fingerprint density at radius 2 is 2.38 bits per heavy atom. The zero-order valence-electron chi connectivity index (χ0n) is 8.02. The van der Waals surface area contributed by atoms with Crippen molar-refractivity contribution in [1.82, 2.24) is 5.09 Å². The zero-order chi connectivity index (χ0) is 10.2. The Labute approximate surface area is 86.9 Å². The van der Waals surface area contributed by atoms with Gasteiger partial charge in [-0.15, -0.1) is 0 Å². The van der Waals surface area contributed by atoms with Crippen LogP contribution in [0, 0.1) is 0 Å². The van der Waals surface area contributed by atoms with E-state index in [9.17, 15) is 4.57 Å². The van der Waals surface area contributed by atoms with Gasteiger partial charge in [-0.3, -0.25) is 14.6 Å². The first-order chi connectivity index (χ1) is 6.18. The van der Waals surface area contributed by atoms with Gasteiger partial charge in [0.15, 0.2) is 0 Å². The lowest BCUT2D eigenvalue weighted by molar-refractivity contribution is 0.406. The molecule has 1 N–H and O–H groups in total. The van der Waals surface area contributed by atoms with Crippen molar-refractivity contribution in [3.05, 3.63) is 0 Å². The molecule has 0 spiro atoms. The molecule has 13 heavy (non-hydrogen) atoms. The fourth-order valence-electron chi connectivity index (χ4n) is 0.508. The van der Waals surface area contributed by atoms with Gasteiger partial charge < -0.3 is 4.52 Å². The van der Waals surface area contributed by atoms with Crippen LogP contribution in [0.5, 0.6) is 0 Å². The van der Waals surface area contributed by atoms with E-state index < -0.39 is 6.72 Å². The molecule has 0 aliphatic rings. The predicted octanol–water partition coefficient (Wildman–Crippen LogP) is 2.78. The zero-order valence-corrected chi connectivity index (χ0v) is 10.5. The highest BCUT2D eigenvalue weighted by molar-refractivity contribution is 8.98. The van der Waals surface area contributed by atoms with E-state index in [2.05, 4.69) is 10.1 Å². The predicted molar refractivity (Wildman–Crippen MR) is 62.5 cm³/mol. The molecule has 0 aliphatic heterocycles. The molecule has 0 radical (unpaired) electrons. The fourth-order valence-corrected chi connectivity index (χ4v) is 4.88. The van der Waals surface area contributed by atoms with Crippen LogP contribution in [-0.4, -0.2) is 26.2 Å². The molecule has 1 atom stereocenters. The summed E-state index contributed by atoms with van der Waals surface area (Å²) < 4.78 is 16.5. The number of aliphatic imine (C=N–C) groups is 1. The summed E-state index contributed by atoms with van der Waals surface area (Å²) in [7, 11) is 4.01. The van der Waals surface area contributed by atoms with Gasteiger partial charge in [-0.25, -0.2) is 0 Å². The third kappa shape index (κ3) is 6.43. The number of rotatable bonds is 7. The van der Waals surface area contributed by atoms with E-state index in [1.165, 1.54) is 34.7 Å². The van der Waals surface area contributed by atoms with Crippen molar-refractivity contribution in [3.8, 4) is 0 Å². The molecule has 7 heteroatoms. The van der Waals surface area contributed by atoms with Crippen molar-refractivity contribution in [3.63, 3.8) is 0 Å². The average molecular weight is 242 g/mol. The average Bonchev–Trinajstić information content (AvgIpc) is 2.13. The Balaban J connectivity index is 3.90. The molecular weight excluding hydrogens is 227 g/mol. The van der Waals surface area contributed by atoms with Crippen molar-refractivity contribution in [2.24, 2.45) is 4.99 Å². The minimum absolute atomic E-state index is 0.737. The van der Waals surface area contributed by atoms with Crippen molar-refractivity contribution in [2.75, 3.05) is 19.9 Å². The van der Waals surface area contributed by atoms with Gasteiger partial charge in [-0.1, -0.05) is 17.7 Å². The quantitative estimate of drug-likeness (QED) is 0.322. The molecule has 1 unspecified atom stereocenters. The monoisotopic (exact) mass is 242 g/mol. The normalized spacial score (nSPS) is 15.9. The van der Waals surface area contributed by atoms with Gasteiger partial charge in [0.25, 0.3) is 0 Å². The molecule has 0 saturated carbocycles. The Morgan fingerprint density at radius 3 is 2.85 bits per heavy atom. The van der Waals surface area contributed by atoms with Crippen LogP contribution in [0.1, 0.15) is 13.3 Å². The first kappa shape index (κ1) is 13.4. The van der Waals surface area contributed by atoms with Crippen molar-refractivity contribution >= 4 is 34.3 Å². The number of nitrogens with one attached hydrogen (secondary N) is 1. The maximum Gasteiger partial charge on any atom is 0.361 e. The van der Waals surface area contributed by atoms with Gasteiger partial charge in [0.1, 0.15) is 0 Å². The van der Waals surface area contributed by atoms with Crippen molar-refractivity contribution in [2.45, 2.75) is 13.3 Å². The molecule has 78 valence electrons. The van der Waals surface area contributed by atoms with Crippen molar-refractivity contribution in [1.29, 1.82) is 0 Å². The number of nitrogens with zero attached hydrogens (tertiary/aromatic N) is 1. The molecule has 0 saturated heterocycles. The van der Waals surface area contributed by atoms with E-state index in [4.69, 9.17) is 4.52 Å². The molecule has 0 aliphatic carbocycles. The SMILES string of the molecule is CCCN=CNP(=O)(OC)SSC. The molecule has 0 aromatic heterocycles. The van der Waals surface area contributed by atoms with E-state index in [-0.39, 0.29) is 0 Å². The maximum absolute atomic E-state index is 11.7. The Morgan fingerprint density at radius 1 is 1.69 bits per heavy atom. The molecule has 0 aromatic rings. The lowest BCUT2D eigenvalue weighted by Crippen LogP contribution is -2.06. The molecule has 0 fully saturated rings. The molecule has 0 heterocycles. The molecule has 0 aromatic carbocycles. The van der Waals surface area contributed by atoms with Gasteiger partial charge in [-0.2, -0.15) is 0 Å². The van der Waals surface area contributed by atoms with E-state index in [1.807, 2.05) is 13.2 Å². The van der Waals surface area contributed by atoms with Crippen molar-refractivity contribution < 1.29 is 9.09 Å². The van der Waals surface area contributed by atoms with Crippen LogP contribution < -0.4 is 5.09 Å². The minimum Gasteiger partial charge on any atom is -0.309 e. The van der Waals surface area contributed by atoms with Gasteiger partial charge in [0, 0.05) is 24.1 Å². The lowest BCUT2D eigenvalue weighted by atomic mass is 10.5. The Kier molecular flexibility index (Phi) is 7.95. The summed E-state index contributed by atoms with van der Waals surface area (Å²) in [5.74, 6) is 0. The van der Waals surface area contributed by atoms with E-state index >= 15 is 0 Å². The van der Waals surface area contributed by atoms with E-state index in [0.29, 0.717) is 0 Å². The summed E-state index contributed by atoms with van der Waals surface area (Å²) in [6.45, 7) is 0.00830. The van der Waals surface area contributed by atoms with E-state index in [1.54, 1.807) is 0 Å². The molecule has 0 amide bonds. The Bertz CT molecular complexity index is 201. The van der Waals surface area contributed by atoms with Crippen LogP contribution >= 0.6 is 27.9 Å². The molecule has 0 rings (SSSR count). The first-order valence-corrected chi connectivity index (χ1v) is 8.61. The highest BCUT2D eigenvalue weighted by Crippen LogP contribution is 2.59. The van der Waals surface area contributed by atoms with E-state index in [0.717, 1.165) is 13.0 Å². The highest BCUT2D eigenvalue weighted by Gasteiger charge is 2.19. The van der Waals surface area contributed by atoms with Crippen LogP contribution in [0.2, 0.25) is 0 Å². The van der Waals surface area contributed by atoms with Gasteiger partial charge in [0.2, 0.25) is 0 Å². The third-order valence-electron chi connectivity index (χ3n) is 1.07. The van der Waals surface area contributed by atoms with Crippen LogP contribution in [-0.2, 0) is 9.09 Å². The fraction of sp³-hybridized carbons (Fsp3) is 0.833. The van der Waals surface area contributed by atoms with Gasteiger partial charge in [-0.05, 0) is 12.7 Å². The Hall–Kier alpha value is 0.360. The van der Waals surface area contributed by atoms with Crippen LogP contribution in [0.3, 0.4) is 0 Å². The lowest BCUT2D eigenvalue weighted by Gasteiger charge is -2.11. The standard InChI is InChI=1S/C6H15N2O2PS2/c1-4-5-7-6-8-11(9,10-2)13-12-3/h6H,4-5H2,1-3H3,(H,7,8,9). The molecule has 0 bridgehead atoms. The first-order valence-electron chi connectivity index (χ1n) is 3.82. The van der Waals surface area contributed by atoms with Gasteiger partial charge in [0.05, 0.1) is 6.34 Å². The summed E-state index contributed by atoms with van der Waals surface area (Å²) in [4.78, 5) is 3.99. The van der Waals surface area contributed by atoms with Crippen LogP contribution in [0.4, 0.5) is 0 Å². The smallest absolute Gasteiger partial charge is 0.309 e. The summed E-state index contributed by atoms with van der Waals surface area (Å²) in [5.41, 5.74) is 0. The summed E-state index contributed by atoms with van der Waals surface area (Å²) in [6.07, 6.45) is 4.28. The van der Waals surface area contributed by atoms with Gasteiger partial charge >= 0.3 is 6.72 Å². The second-order valence-corrected chi connectivity index (χ2v) is 8.42. The molecule has 4 nitrogen and oxygen atoms in total. The number of hydrogen-bond donors (Lipinski definition) is 1. The second-order valence-electron chi connectivity index (χ2n) is 2.09. The summed E-state index contributed by atoms with van der Waals surface area (Å²) in [5, 5.41) is 2.67. The minimum atomic E-state index is -2.76. The third-order valence-corrected chi connectivity index (χ3v) is 7.24. The van der Waals surface area contributed by atoms with Crippen LogP contribution in [0.15, 0.2) is 4.99 Å². The van der Waals surface area contributed by atoms with Crippen LogP contribution in [0.25, 0.3) is 0 Å². The summed E-state index contributed by atoms with van der Waals surface area (Å²) >= 11 is 0. The molecular formula is C6H15N2O2PS2. The number of hydrogen-bond acceptors (Lipinski definition) is 5. The topological polar surface area (TPSA) is 50.7 Å². The second kappa shape index (κ2) is 7.74. The highest BCUT2D eigenvalue weighted by atomic mass is 33.3. The largest absolute Gasteiger partial charge is 0.361 e. The maximum atomic E-state index is 11.7. The summed E-state index contributed by atoms with van der Waals surface area (Å²) in [6, 6.07) is 0.